The zero-order valence-electron chi connectivity index (χ0n) is 18.1. The van der Waals surface area contributed by atoms with Crippen LogP contribution in [-0.4, -0.2) is 78.1 Å². The summed E-state index contributed by atoms with van der Waals surface area (Å²) in [5, 5.41) is 3.05. The number of quaternary nitrogens is 2. The number of anilines is 2. The van der Waals surface area contributed by atoms with Gasteiger partial charge in [-0.05, 0) is 36.4 Å². The molecule has 0 atom stereocenters. The molecule has 0 radical (unpaired) electrons. The minimum Gasteiger partial charge on any atom is -0.488 e. The zero-order chi connectivity index (χ0) is 21.3. The normalized spacial score (nSPS) is 21.5. The van der Waals surface area contributed by atoms with Crippen LogP contribution in [0, 0.1) is 0 Å². The quantitative estimate of drug-likeness (QED) is 0.524. The van der Waals surface area contributed by atoms with Crippen LogP contribution < -0.4 is 24.8 Å². The fraction of sp³-hybridized carbons (Fsp3) is 0.458. The first-order chi connectivity index (χ1) is 15.3. The summed E-state index contributed by atoms with van der Waals surface area (Å²) in [6.45, 7) is 9.84. The first kappa shape index (κ1) is 21.6. The molecule has 2 aliphatic rings. The van der Waals surface area contributed by atoms with E-state index in [-0.39, 0.29) is 5.91 Å². The summed E-state index contributed by atoms with van der Waals surface area (Å²) < 4.78 is 11.2. The second-order valence-electron chi connectivity index (χ2n) is 8.28. The highest BCUT2D eigenvalue weighted by Crippen LogP contribution is 2.18. The molecule has 3 N–H and O–H groups in total. The first-order valence-electron chi connectivity index (χ1n) is 11.3. The summed E-state index contributed by atoms with van der Waals surface area (Å²) in [5.74, 6) is 1.02. The van der Waals surface area contributed by atoms with Gasteiger partial charge in [0.15, 0.2) is 6.54 Å². The Hall–Kier alpha value is -2.61. The topological polar surface area (TPSA) is 59.7 Å². The van der Waals surface area contributed by atoms with Crippen LogP contribution in [0.25, 0.3) is 0 Å². The third-order valence-corrected chi connectivity index (χ3v) is 6.07. The Morgan fingerprint density at radius 2 is 1.61 bits per heavy atom. The van der Waals surface area contributed by atoms with Crippen molar-refractivity contribution in [2.24, 2.45) is 0 Å². The molecule has 7 heteroatoms. The van der Waals surface area contributed by atoms with Crippen molar-refractivity contribution in [3.8, 4) is 5.75 Å². The summed E-state index contributed by atoms with van der Waals surface area (Å²) >= 11 is 0. The Labute approximate surface area is 184 Å². The summed E-state index contributed by atoms with van der Waals surface area (Å²) in [5.41, 5.74) is 2.05. The highest BCUT2D eigenvalue weighted by atomic mass is 16.5. The van der Waals surface area contributed by atoms with Crippen molar-refractivity contribution in [2.45, 2.75) is 0 Å². The van der Waals surface area contributed by atoms with Crippen molar-refractivity contribution < 1.29 is 24.1 Å². The van der Waals surface area contributed by atoms with Gasteiger partial charge in [-0.1, -0.05) is 18.2 Å². The second kappa shape index (κ2) is 11.1. The van der Waals surface area contributed by atoms with E-state index in [9.17, 15) is 4.79 Å². The van der Waals surface area contributed by atoms with Crippen LogP contribution in [0.5, 0.6) is 5.75 Å². The standard InChI is InChI=1S/C24H32N4O3/c29-24(25-21-6-8-22(9-7-21)28-15-17-30-18-16-28)20-27-12-10-26(11-13-27)14-19-31-23-4-2-1-3-5-23/h1-9H,10-20H2,(H,25,29)/p+2. The molecule has 2 aromatic carbocycles. The number of amides is 1. The van der Waals surface area contributed by atoms with Crippen molar-refractivity contribution in [1.29, 1.82) is 0 Å². The van der Waals surface area contributed by atoms with Crippen LogP contribution in [0.1, 0.15) is 0 Å². The number of hydrogen-bond acceptors (Lipinski definition) is 4. The summed E-state index contributed by atoms with van der Waals surface area (Å²) in [4.78, 5) is 17.7. The summed E-state index contributed by atoms with van der Waals surface area (Å²) in [6.07, 6.45) is 0. The van der Waals surface area contributed by atoms with Crippen molar-refractivity contribution in [3.63, 3.8) is 0 Å². The highest BCUT2D eigenvalue weighted by Gasteiger charge is 2.24. The molecule has 7 nitrogen and oxygen atoms in total. The molecule has 31 heavy (non-hydrogen) atoms. The number of morpholine rings is 1. The van der Waals surface area contributed by atoms with Crippen molar-refractivity contribution in [3.05, 3.63) is 54.6 Å². The molecule has 2 fully saturated rings. The van der Waals surface area contributed by atoms with E-state index in [1.807, 2.05) is 42.5 Å². The predicted octanol–water partition coefficient (Wildman–Crippen LogP) is -0.676. The number of nitrogens with one attached hydrogen (secondary N) is 3. The number of benzene rings is 2. The smallest absolute Gasteiger partial charge is 0.279 e. The van der Waals surface area contributed by atoms with Crippen LogP contribution in [-0.2, 0) is 9.53 Å². The van der Waals surface area contributed by atoms with Gasteiger partial charge in [-0.25, -0.2) is 0 Å². The van der Waals surface area contributed by atoms with E-state index in [2.05, 4.69) is 22.3 Å². The minimum absolute atomic E-state index is 0.0879. The fourth-order valence-electron chi connectivity index (χ4n) is 4.22. The zero-order valence-corrected chi connectivity index (χ0v) is 18.1. The maximum absolute atomic E-state index is 12.5. The number of nitrogens with zero attached hydrogens (tertiary/aromatic N) is 1. The summed E-state index contributed by atoms with van der Waals surface area (Å²) in [7, 11) is 0. The van der Waals surface area contributed by atoms with E-state index < -0.39 is 0 Å². The lowest BCUT2D eigenvalue weighted by Crippen LogP contribution is -3.28. The summed E-state index contributed by atoms with van der Waals surface area (Å²) in [6, 6.07) is 18.1. The van der Waals surface area contributed by atoms with Crippen molar-refractivity contribution in [1.82, 2.24) is 0 Å². The van der Waals surface area contributed by atoms with Crippen LogP contribution in [0.2, 0.25) is 0 Å². The Kier molecular flexibility index (Phi) is 7.76. The largest absolute Gasteiger partial charge is 0.488 e. The Morgan fingerprint density at radius 3 is 2.32 bits per heavy atom. The monoisotopic (exact) mass is 426 g/mol. The molecule has 2 aliphatic heterocycles. The number of para-hydroxylation sites is 1. The molecular weight excluding hydrogens is 392 g/mol. The van der Waals surface area contributed by atoms with Gasteiger partial charge in [-0.2, -0.15) is 0 Å². The van der Waals surface area contributed by atoms with Gasteiger partial charge in [-0.3, -0.25) is 4.79 Å². The number of rotatable bonds is 8. The lowest BCUT2D eigenvalue weighted by molar-refractivity contribution is -1.01. The predicted molar refractivity (Wildman–Crippen MR) is 121 cm³/mol. The molecule has 0 aromatic heterocycles. The average molecular weight is 427 g/mol. The number of hydrogen-bond donors (Lipinski definition) is 3. The van der Waals surface area contributed by atoms with Gasteiger partial charge in [0.1, 0.15) is 45.1 Å². The van der Waals surface area contributed by atoms with E-state index in [0.717, 1.165) is 77.1 Å². The van der Waals surface area contributed by atoms with Gasteiger partial charge in [-0.15, -0.1) is 0 Å². The van der Waals surface area contributed by atoms with Crippen molar-refractivity contribution in [2.75, 3.05) is 82.4 Å². The number of piperazine rings is 1. The van der Waals surface area contributed by atoms with Gasteiger partial charge in [0, 0.05) is 24.5 Å². The molecule has 0 saturated carbocycles. The first-order valence-corrected chi connectivity index (χ1v) is 11.3. The molecule has 0 bridgehead atoms. The maximum Gasteiger partial charge on any atom is 0.279 e. The SMILES string of the molecule is O=C(C[NH+]1CC[NH+](CCOc2ccccc2)CC1)Nc1ccc(N2CCOCC2)cc1. The Balaban J connectivity index is 1.14. The lowest BCUT2D eigenvalue weighted by Gasteiger charge is -2.29. The van der Waals surface area contributed by atoms with E-state index in [1.54, 1.807) is 4.90 Å². The highest BCUT2D eigenvalue weighted by molar-refractivity contribution is 5.91. The number of carbonyl (C=O) groups is 1. The fourth-order valence-corrected chi connectivity index (χ4v) is 4.22. The van der Waals surface area contributed by atoms with E-state index >= 15 is 0 Å². The van der Waals surface area contributed by atoms with Crippen LogP contribution in [0.3, 0.4) is 0 Å². The third kappa shape index (κ3) is 6.69. The molecule has 4 rings (SSSR count). The molecule has 0 spiro atoms. The molecule has 0 unspecified atom stereocenters. The molecule has 2 saturated heterocycles. The Morgan fingerprint density at radius 1 is 0.935 bits per heavy atom. The molecule has 2 heterocycles. The van der Waals surface area contributed by atoms with Crippen LogP contribution in [0.15, 0.2) is 54.6 Å². The van der Waals surface area contributed by atoms with E-state index in [0.29, 0.717) is 6.54 Å². The van der Waals surface area contributed by atoms with Crippen LogP contribution in [0.4, 0.5) is 11.4 Å². The molecular formula is C24H34N4O3+2. The lowest BCUT2D eigenvalue weighted by atomic mass is 10.2. The molecule has 1 amide bonds. The number of carbonyl (C=O) groups excluding carboxylic acids is 1. The maximum atomic E-state index is 12.5. The minimum atomic E-state index is 0.0879. The van der Waals surface area contributed by atoms with E-state index in [1.165, 1.54) is 10.6 Å². The van der Waals surface area contributed by atoms with E-state index in [4.69, 9.17) is 9.47 Å². The average Bonchev–Trinajstić information content (AvgIpc) is 2.82. The number of ether oxygens (including phenoxy) is 2. The van der Waals surface area contributed by atoms with Crippen molar-refractivity contribution >= 4 is 17.3 Å². The van der Waals surface area contributed by atoms with Gasteiger partial charge < -0.3 is 29.5 Å². The molecule has 166 valence electrons. The molecule has 2 aromatic rings. The second-order valence-corrected chi connectivity index (χ2v) is 8.28. The van der Waals surface area contributed by atoms with Crippen LogP contribution >= 0.6 is 0 Å². The molecule has 0 aliphatic carbocycles. The van der Waals surface area contributed by atoms with Gasteiger partial charge >= 0.3 is 0 Å². The van der Waals surface area contributed by atoms with Gasteiger partial charge in [0.2, 0.25) is 0 Å². The van der Waals surface area contributed by atoms with Gasteiger partial charge in [0.05, 0.1) is 13.2 Å². The van der Waals surface area contributed by atoms with Gasteiger partial charge in [0.25, 0.3) is 5.91 Å². The third-order valence-electron chi connectivity index (χ3n) is 6.07. The Bertz CT molecular complexity index is 801.